The maximum Gasteiger partial charge on any atom is 0.127 e. The van der Waals surface area contributed by atoms with Gasteiger partial charge in [-0.15, -0.1) is 0 Å². The van der Waals surface area contributed by atoms with E-state index < -0.39 is 0 Å². The van der Waals surface area contributed by atoms with Crippen LogP contribution in [0.2, 0.25) is 0 Å². The molecule has 1 saturated carbocycles. The Morgan fingerprint density at radius 3 is 2.81 bits per heavy atom. The van der Waals surface area contributed by atoms with Crippen LogP contribution >= 0.6 is 0 Å². The van der Waals surface area contributed by atoms with Gasteiger partial charge in [0.05, 0.1) is 17.8 Å². The normalized spacial score (nSPS) is 16.4. The fraction of sp³-hybridized carbons (Fsp3) is 0.385. The molecule has 0 spiro atoms. The van der Waals surface area contributed by atoms with Crippen LogP contribution in [-0.2, 0) is 4.84 Å². The van der Waals surface area contributed by atoms with Gasteiger partial charge in [0.15, 0.2) is 0 Å². The van der Waals surface area contributed by atoms with Gasteiger partial charge in [-0.1, -0.05) is 23.4 Å². The van der Waals surface area contributed by atoms with Crippen molar-refractivity contribution in [2.24, 2.45) is 5.16 Å². The average molecular weight is 214 g/mol. The standard InChI is InChI=1S/C13H14N2O/c14-9-11-5-1-2-6-12(11)10-15-16-13-7-3-4-8-13/h1-2,5-6,10,13H,3-4,7-8H2. The van der Waals surface area contributed by atoms with Crippen molar-refractivity contribution in [3.05, 3.63) is 35.4 Å². The lowest BCUT2D eigenvalue weighted by molar-refractivity contribution is 0.0657. The second kappa shape index (κ2) is 5.32. The number of rotatable bonds is 3. The van der Waals surface area contributed by atoms with Crippen LogP contribution in [0, 0.1) is 11.3 Å². The van der Waals surface area contributed by atoms with Crippen LogP contribution in [0.1, 0.15) is 36.8 Å². The summed E-state index contributed by atoms with van der Waals surface area (Å²) in [6.45, 7) is 0. The van der Waals surface area contributed by atoms with E-state index in [-0.39, 0.29) is 6.10 Å². The van der Waals surface area contributed by atoms with E-state index in [0.29, 0.717) is 5.56 Å². The minimum atomic E-state index is 0.269. The van der Waals surface area contributed by atoms with Gasteiger partial charge in [-0.2, -0.15) is 5.26 Å². The third-order valence-corrected chi connectivity index (χ3v) is 2.79. The van der Waals surface area contributed by atoms with Gasteiger partial charge in [-0.3, -0.25) is 0 Å². The highest BCUT2D eigenvalue weighted by Crippen LogP contribution is 2.20. The molecular formula is C13H14N2O. The maximum atomic E-state index is 8.88. The molecule has 0 radical (unpaired) electrons. The van der Waals surface area contributed by atoms with Gasteiger partial charge >= 0.3 is 0 Å². The van der Waals surface area contributed by atoms with Crippen molar-refractivity contribution in [3.8, 4) is 6.07 Å². The lowest BCUT2D eigenvalue weighted by Crippen LogP contribution is -2.02. The second-order valence-electron chi connectivity index (χ2n) is 3.95. The topological polar surface area (TPSA) is 45.4 Å². The number of nitrogens with zero attached hydrogens (tertiary/aromatic N) is 2. The highest BCUT2D eigenvalue weighted by Gasteiger charge is 2.15. The Kier molecular flexibility index (Phi) is 3.55. The average Bonchev–Trinajstić information content (AvgIpc) is 2.83. The van der Waals surface area contributed by atoms with E-state index in [1.165, 1.54) is 12.8 Å². The molecule has 0 heterocycles. The predicted molar refractivity (Wildman–Crippen MR) is 62.1 cm³/mol. The summed E-state index contributed by atoms with van der Waals surface area (Å²) in [5.41, 5.74) is 1.43. The molecule has 0 atom stereocenters. The first-order valence-corrected chi connectivity index (χ1v) is 5.58. The fourth-order valence-corrected chi connectivity index (χ4v) is 1.88. The third kappa shape index (κ3) is 2.60. The Morgan fingerprint density at radius 2 is 2.06 bits per heavy atom. The number of nitriles is 1. The van der Waals surface area contributed by atoms with Crippen molar-refractivity contribution < 1.29 is 4.84 Å². The summed E-state index contributed by atoms with van der Waals surface area (Å²) < 4.78 is 0. The SMILES string of the molecule is N#Cc1ccccc1C=NOC1CCCC1. The van der Waals surface area contributed by atoms with E-state index in [9.17, 15) is 0 Å². The van der Waals surface area contributed by atoms with Gasteiger partial charge in [0, 0.05) is 5.56 Å². The van der Waals surface area contributed by atoms with E-state index in [1.54, 1.807) is 12.3 Å². The molecule has 0 amide bonds. The quantitative estimate of drug-likeness (QED) is 0.573. The molecule has 2 rings (SSSR count). The van der Waals surface area contributed by atoms with Crippen LogP contribution in [0.25, 0.3) is 0 Å². The van der Waals surface area contributed by atoms with Crippen molar-refractivity contribution in [2.45, 2.75) is 31.8 Å². The summed E-state index contributed by atoms with van der Waals surface area (Å²) >= 11 is 0. The Morgan fingerprint density at radius 1 is 1.31 bits per heavy atom. The maximum absolute atomic E-state index is 8.88. The van der Waals surface area contributed by atoms with Crippen LogP contribution in [0.3, 0.4) is 0 Å². The first-order valence-electron chi connectivity index (χ1n) is 5.58. The van der Waals surface area contributed by atoms with Crippen molar-refractivity contribution in [2.75, 3.05) is 0 Å². The highest BCUT2D eigenvalue weighted by atomic mass is 16.6. The molecule has 16 heavy (non-hydrogen) atoms. The van der Waals surface area contributed by atoms with E-state index in [2.05, 4.69) is 11.2 Å². The Balaban J connectivity index is 1.97. The molecule has 0 saturated heterocycles. The number of hydrogen-bond acceptors (Lipinski definition) is 3. The van der Waals surface area contributed by atoms with Gasteiger partial charge in [0.2, 0.25) is 0 Å². The van der Waals surface area contributed by atoms with Gasteiger partial charge in [-0.05, 0) is 31.7 Å². The van der Waals surface area contributed by atoms with Gasteiger partial charge in [0.25, 0.3) is 0 Å². The monoisotopic (exact) mass is 214 g/mol. The Hall–Kier alpha value is -1.82. The van der Waals surface area contributed by atoms with Crippen molar-refractivity contribution in [1.82, 2.24) is 0 Å². The minimum Gasteiger partial charge on any atom is -0.393 e. The summed E-state index contributed by atoms with van der Waals surface area (Å²) in [4.78, 5) is 5.37. The van der Waals surface area contributed by atoms with E-state index in [1.807, 2.05) is 18.2 Å². The van der Waals surface area contributed by atoms with Crippen molar-refractivity contribution in [1.29, 1.82) is 5.26 Å². The number of hydrogen-bond donors (Lipinski definition) is 0. The minimum absolute atomic E-state index is 0.269. The molecule has 0 aromatic heterocycles. The molecule has 1 aromatic carbocycles. The Bertz CT molecular complexity index is 414. The van der Waals surface area contributed by atoms with Crippen LogP contribution < -0.4 is 0 Å². The molecule has 0 N–H and O–H groups in total. The molecule has 3 nitrogen and oxygen atoms in total. The summed E-state index contributed by atoms with van der Waals surface area (Å²) in [6.07, 6.45) is 6.54. The molecule has 0 bridgehead atoms. The lowest BCUT2D eigenvalue weighted by Gasteiger charge is -2.05. The van der Waals surface area contributed by atoms with E-state index in [0.717, 1.165) is 18.4 Å². The molecule has 0 aliphatic heterocycles. The summed E-state index contributed by atoms with van der Waals surface area (Å²) in [7, 11) is 0. The van der Waals surface area contributed by atoms with Crippen LogP contribution in [0.5, 0.6) is 0 Å². The molecule has 1 aliphatic carbocycles. The van der Waals surface area contributed by atoms with Gasteiger partial charge < -0.3 is 4.84 Å². The largest absolute Gasteiger partial charge is 0.393 e. The van der Waals surface area contributed by atoms with E-state index >= 15 is 0 Å². The molecule has 0 unspecified atom stereocenters. The second-order valence-corrected chi connectivity index (χ2v) is 3.95. The van der Waals surface area contributed by atoms with Crippen molar-refractivity contribution in [3.63, 3.8) is 0 Å². The molecule has 3 heteroatoms. The zero-order valence-corrected chi connectivity index (χ0v) is 9.10. The number of benzene rings is 1. The first-order chi connectivity index (χ1) is 7.90. The summed E-state index contributed by atoms with van der Waals surface area (Å²) in [6, 6.07) is 9.49. The Labute approximate surface area is 95.3 Å². The molecule has 1 fully saturated rings. The first kappa shape index (κ1) is 10.7. The molecule has 1 aromatic rings. The zero-order chi connectivity index (χ0) is 11.2. The predicted octanol–water partition coefficient (Wildman–Crippen LogP) is 2.85. The smallest absolute Gasteiger partial charge is 0.127 e. The van der Waals surface area contributed by atoms with E-state index in [4.69, 9.17) is 10.1 Å². The summed E-state index contributed by atoms with van der Waals surface area (Å²) in [5, 5.41) is 12.8. The fourth-order valence-electron chi connectivity index (χ4n) is 1.88. The van der Waals surface area contributed by atoms with Gasteiger partial charge in [0.1, 0.15) is 6.10 Å². The molecule has 82 valence electrons. The molecular weight excluding hydrogens is 200 g/mol. The van der Waals surface area contributed by atoms with Crippen LogP contribution in [0.4, 0.5) is 0 Å². The van der Waals surface area contributed by atoms with Crippen molar-refractivity contribution >= 4 is 6.21 Å². The molecule has 1 aliphatic rings. The lowest BCUT2D eigenvalue weighted by atomic mass is 10.1. The summed E-state index contributed by atoms with van der Waals surface area (Å²) in [5.74, 6) is 0. The third-order valence-electron chi connectivity index (χ3n) is 2.79. The highest BCUT2D eigenvalue weighted by molar-refractivity contribution is 5.82. The van der Waals surface area contributed by atoms with Crippen LogP contribution in [-0.4, -0.2) is 12.3 Å². The zero-order valence-electron chi connectivity index (χ0n) is 9.10. The number of oxime groups is 1. The van der Waals surface area contributed by atoms with Gasteiger partial charge in [-0.25, -0.2) is 0 Å². The van der Waals surface area contributed by atoms with Crippen LogP contribution in [0.15, 0.2) is 29.4 Å².